The second kappa shape index (κ2) is 11.6. The highest BCUT2D eigenvalue weighted by Crippen LogP contribution is 2.47. The lowest BCUT2D eigenvalue weighted by atomic mass is 9.89. The van der Waals surface area contributed by atoms with Gasteiger partial charge in [0.2, 0.25) is 0 Å². The summed E-state index contributed by atoms with van der Waals surface area (Å²) in [5, 5.41) is 24.3. The van der Waals surface area contributed by atoms with Crippen molar-refractivity contribution in [2.75, 3.05) is 26.7 Å². The molecule has 0 aromatic carbocycles. The van der Waals surface area contributed by atoms with E-state index in [0.29, 0.717) is 11.8 Å². The molecule has 2 aliphatic carbocycles. The predicted molar refractivity (Wildman–Crippen MR) is 123 cm³/mol. The van der Waals surface area contributed by atoms with Crippen LogP contribution in [0.2, 0.25) is 0 Å². The molecule has 0 spiro atoms. The summed E-state index contributed by atoms with van der Waals surface area (Å²) in [4.78, 5) is 2.41. The molecule has 1 saturated carbocycles. The standard InChI is InChI=1S/C25H46N2O2/c1-6-7-8-10-21(28)11-12-22-23-16-19(15-20(23)17-24(22)29)18-26-13-9-14-27(5)25(2,3)4/h11-12,15,20-24,26,28-29H,6-10,13-14,16-18H2,1-5H3/b12-11+/t20-,21-,22+,23-,24+/m0/s1. The van der Waals surface area contributed by atoms with Crippen molar-refractivity contribution < 1.29 is 10.2 Å². The molecular weight excluding hydrogens is 360 g/mol. The van der Waals surface area contributed by atoms with Gasteiger partial charge >= 0.3 is 0 Å². The van der Waals surface area contributed by atoms with Crippen molar-refractivity contribution in [1.82, 2.24) is 10.2 Å². The minimum absolute atomic E-state index is 0.190. The Hall–Kier alpha value is -0.680. The van der Waals surface area contributed by atoms with Crippen LogP contribution in [0.1, 0.15) is 72.6 Å². The summed E-state index contributed by atoms with van der Waals surface area (Å²) < 4.78 is 0. The van der Waals surface area contributed by atoms with E-state index in [4.69, 9.17) is 0 Å². The van der Waals surface area contributed by atoms with E-state index >= 15 is 0 Å². The van der Waals surface area contributed by atoms with Gasteiger partial charge in [-0.2, -0.15) is 0 Å². The van der Waals surface area contributed by atoms with Gasteiger partial charge in [-0.05, 0) is 78.4 Å². The van der Waals surface area contributed by atoms with E-state index in [9.17, 15) is 10.2 Å². The highest BCUT2D eigenvalue weighted by atomic mass is 16.3. The van der Waals surface area contributed by atoms with Crippen molar-refractivity contribution in [3.05, 3.63) is 23.8 Å². The molecule has 0 aromatic heterocycles. The maximum Gasteiger partial charge on any atom is 0.0721 e. The van der Waals surface area contributed by atoms with Crippen LogP contribution >= 0.6 is 0 Å². The van der Waals surface area contributed by atoms with Gasteiger partial charge in [-0.3, -0.25) is 0 Å². The molecule has 0 amide bonds. The Labute approximate surface area is 179 Å². The summed E-state index contributed by atoms with van der Waals surface area (Å²) in [6, 6.07) is 0. The van der Waals surface area contributed by atoms with Crippen LogP contribution in [-0.2, 0) is 0 Å². The SMILES string of the molecule is CCCCC[C@H](O)/C=C/[C@@H]1[C@H]2CC(CNCCCN(C)C(C)(C)C)=C[C@H]2C[C@H]1O. The van der Waals surface area contributed by atoms with Gasteiger partial charge in [-0.1, -0.05) is 50.0 Å². The zero-order valence-corrected chi connectivity index (χ0v) is 19.5. The van der Waals surface area contributed by atoms with Crippen LogP contribution < -0.4 is 5.32 Å². The fourth-order valence-corrected chi connectivity index (χ4v) is 4.72. The molecule has 2 rings (SSSR count). The molecule has 0 bridgehead atoms. The zero-order valence-electron chi connectivity index (χ0n) is 19.5. The Morgan fingerprint density at radius 1 is 1.28 bits per heavy atom. The number of nitrogens with zero attached hydrogens (tertiary/aromatic N) is 1. The maximum absolute atomic E-state index is 10.5. The lowest BCUT2D eigenvalue weighted by Gasteiger charge is -2.31. The van der Waals surface area contributed by atoms with Gasteiger partial charge in [-0.15, -0.1) is 0 Å². The minimum atomic E-state index is -0.366. The van der Waals surface area contributed by atoms with Gasteiger partial charge < -0.3 is 20.4 Å². The fraction of sp³-hybridized carbons (Fsp3) is 0.840. The molecule has 0 unspecified atom stereocenters. The Morgan fingerprint density at radius 2 is 2.03 bits per heavy atom. The van der Waals surface area contributed by atoms with Crippen LogP contribution in [0.4, 0.5) is 0 Å². The Balaban J connectivity index is 1.71. The average molecular weight is 407 g/mol. The van der Waals surface area contributed by atoms with Crippen LogP contribution in [0.5, 0.6) is 0 Å². The van der Waals surface area contributed by atoms with E-state index < -0.39 is 0 Å². The number of aliphatic hydroxyl groups is 2. The smallest absolute Gasteiger partial charge is 0.0721 e. The molecule has 0 radical (unpaired) electrons. The fourth-order valence-electron chi connectivity index (χ4n) is 4.72. The summed E-state index contributed by atoms with van der Waals surface area (Å²) in [7, 11) is 2.19. The molecule has 4 nitrogen and oxygen atoms in total. The number of unbranched alkanes of at least 4 members (excludes halogenated alkanes) is 2. The second-order valence-corrected chi connectivity index (χ2v) is 10.3. The molecule has 0 aromatic rings. The Bertz CT molecular complexity index is 537. The molecule has 4 heteroatoms. The zero-order chi connectivity index (χ0) is 21.4. The third-order valence-electron chi connectivity index (χ3n) is 6.95. The van der Waals surface area contributed by atoms with Crippen molar-refractivity contribution in [1.29, 1.82) is 0 Å². The predicted octanol–water partition coefficient (Wildman–Crippen LogP) is 4.14. The molecule has 0 heterocycles. The van der Waals surface area contributed by atoms with Gasteiger partial charge in [0.1, 0.15) is 0 Å². The van der Waals surface area contributed by atoms with E-state index in [1.165, 1.54) is 18.4 Å². The van der Waals surface area contributed by atoms with E-state index in [0.717, 1.165) is 51.7 Å². The third-order valence-corrected chi connectivity index (χ3v) is 6.95. The minimum Gasteiger partial charge on any atom is -0.392 e. The summed E-state index contributed by atoms with van der Waals surface area (Å²) >= 11 is 0. The van der Waals surface area contributed by atoms with Crippen LogP contribution in [0.25, 0.3) is 0 Å². The second-order valence-electron chi connectivity index (χ2n) is 10.3. The first-order valence-corrected chi connectivity index (χ1v) is 11.9. The largest absolute Gasteiger partial charge is 0.392 e. The normalized spacial score (nSPS) is 28.3. The summed E-state index contributed by atoms with van der Waals surface area (Å²) in [6.45, 7) is 12.1. The summed E-state index contributed by atoms with van der Waals surface area (Å²) in [5.74, 6) is 1.20. The van der Waals surface area contributed by atoms with Crippen LogP contribution in [0.15, 0.2) is 23.8 Å². The van der Waals surface area contributed by atoms with Gasteiger partial charge in [0.25, 0.3) is 0 Å². The molecule has 1 fully saturated rings. The monoisotopic (exact) mass is 406 g/mol. The molecule has 29 heavy (non-hydrogen) atoms. The van der Waals surface area contributed by atoms with Crippen LogP contribution in [0, 0.1) is 17.8 Å². The average Bonchev–Trinajstić information content (AvgIpc) is 3.15. The maximum atomic E-state index is 10.5. The van der Waals surface area contributed by atoms with E-state index in [1.807, 2.05) is 6.08 Å². The van der Waals surface area contributed by atoms with Gasteiger partial charge in [-0.25, -0.2) is 0 Å². The summed E-state index contributed by atoms with van der Waals surface area (Å²) in [6.07, 6.45) is 13.2. The molecule has 2 aliphatic rings. The number of aliphatic hydroxyl groups excluding tert-OH is 2. The van der Waals surface area contributed by atoms with Gasteiger partial charge in [0, 0.05) is 18.0 Å². The molecule has 0 saturated heterocycles. The number of nitrogens with one attached hydrogen (secondary N) is 1. The molecule has 0 aliphatic heterocycles. The number of hydrogen-bond donors (Lipinski definition) is 3. The first-order chi connectivity index (χ1) is 13.7. The van der Waals surface area contributed by atoms with Crippen molar-refractivity contribution >= 4 is 0 Å². The van der Waals surface area contributed by atoms with E-state index in [2.05, 4.69) is 57.1 Å². The highest BCUT2D eigenvalue weighted by molar-refractivity contribution is 5.21. The third kappa shape index (κ3) is 7.82. The first kappa shape index (κ1) is 24.6. The summed E-state index contributed by atoms with van der Waals surface area (Å²) in [5.41, 5.74) is 1.73. The van der Waals surface area contributed by atoms with Gasteiger partial charge in [0.15, 0.2) is 0 Å². The molecule has 5 atom stereocenters. The number of hydrogen-bond acceptors (Lipinski definition) is 4. The number of allylic oxidation sites excluding steroid dienone is 1. The molecule has 3 N–H and O–H groups in total. The van der Waals surface area contributed by atoms with Crippen LogP contribution in [0.3, 0.4) is 0 Å². The van der Waals surface area contributed by atoms with Crippen molar-refractivity contribution in [3.63, 3.8) is 0 Å². The quantitative estimate of drug-likeness (QED) is 0.337. The van der Waals surface area contributed by atoms with Gasteiger partial charge in [0.05, 0.1) is 12.2 Å². The number of rotatable bonds is 12. The van der Waals surface area contributed by atoms with Crippen molar-refractivity contribution in [3.8, 4) is 0 Å². The molecule has 168 valence electrons. The first-order valence-electron chi connectivity index (χ1n) is 11.9. The lowest BCUT2D eigenvalue weighted by molar-refractivity contribution is 0.139. The van der Waals surface area contributed by atoms with E-state index in [1.54, 1.807) is 0 Å². The van der Waals surface area contributed by atoms with E-state index in [-0.39, 0.29) is 23.7 Å². The lowest BCUT2D eigenvalue weighted by Crippen LogP contribution is -2.39. The van der Waals surface area contributed by atoms with Crippen molar-refractivity contribution in [2.24, 2.45) is 17.8 Å². The topological polar surface area (TPSA) is 55.7 Å². The highest BCUT2D eigenvalue weighted by Gasteiger charge is 2.43. The Morgan fingerprint density at radius 3 is 2.72 bits per heavy atom. The number of fused-ring (bicyclic) bond motifs is 1. The molecular formula is C25H46N2O2. The van der Waals surface area contributed by atoms with Crippen LogP contribution in [-0.4, -0.2) is 59.5 Å². The Kier molecular flexibility index (Phi) is 9.87. The van der Waals surface area contributed by atoms with Crippen molar-refractivity contribution in [2.45, 2.75) is 90.4 Å².